The number of carbonyl (C=O) groups excluding carboxylic acids is 2. The molecule has 2 amide bonds. The Labute approximate surface area is 182 Å². The van der Waals surface area contributed by atoms with Gasteiger partial charge in [0.15, 0.2) is 5.50 Å². The van der Waals surface area contributed by atoms with Crippen molar-refractivity contribution in [2.24, 2.45) is 11.0 Å². The number of thiophene rings is 1. The molecular weight excluding hydrogens is 432 g/mol. The van der Waals surface area contributed by atoms with Crippen LogP contribution in [0.25, 0.3) is 6.08 Å². The average Bonchev–Trinajstić information content (AvgIpc) is 3.33. The molecule has 3 rings (SSSR count). The number of nitrogens with zero attached hydrogens (tertiary/aromatic N) is 2. The smallest absolute Gasteiger partial charge is 0.266 e. The first kappa shape index (κ1) is 21.4. The fraction of sp³-hybridized carbons (Fsp3) is 0.444. The number of hydrazone groups is 1. The maximum absolute atomic E-state index is 12.5. The number of thiocarbonyl (C=S) groups is 1. The summed E-state index contributed by atoms with van der Waals surface area (Å²) < 4.78 is 0.549. The minimum absolute atomic E-state index is 0.0643. The van der Waals surface area contributed by atoms with Gasteiger partial charge in [0, 0.05) is 24.3 Å². The molecule has 1 aromatic heterocycles. The van der Waals surface area contributed by atoms with Gasteiger partial charge in [-0.05, 0) is 29.9 Å². The average molecular weight is 455 g/mol. The predicted molar refractivity (Wildman–Crippen MR) is 123 cm³/mol. The number of nitrogens with one attached hydrogen (secondary N) is 2. The molecule has 0 radical (unpaired) electrons. The van der Waals surface area contributed by atoms with E-state index in [0.717, 1.165) is 16.3 Å². The molecule has 0 bridgehead atoms. The van der Waals surface area contributed by atoms with Crippen molar-refractivity contribution in [1.82, 2.24) is 15.6 Å². The number of hydrogen-bond donors (Lipinski definition) is 2. The maximum Gasteiger partial charge on any atom is 0.266 e. The second kappa shape index (κ2) is 9.91. The van der Waals surface area contributed by atoms with Gasteiger partial charge in [0.25, 0.3) is 5.91 Å². The van der Waals surface area contributed by atoms with Crippen LogP contribution in [0.3, 0.4) is 0 Å². The molecule has 0 saturated carbocycles. The van der Waals surface area contributed by atoms with Crippen LogP contribution in [-0.4, -0.2) is 38.1 Å². The molecule has 1 atom stereocenters. The summed E-state index contributed by atoms with van der Waals surface area (Å²) in [5.74, 6) is 0.384. The van der Waals surface area contributed by atoms with E-state index in [4.69, 9.17) is 12.2 Å². The molecule has 10 heteroatoms. The molecule has 1 fully saturated rings. The van der Waals surface area contributed by atoms with Crippen LogP contribution in [-0.2, 0) is 9.59 Å². The molecule has 0 aromatic carbocycles. The molecule has 2 aliphatic heterocycles. The second-order valence-corrected chi connectivity index (χ2v) is 10.6. The van der Waals surface area contributed by atoms with Crippen molar-refractivity contribution >= 4 is 74.3 Å². The third-order valence-electron chi connectivity index (χ3n) is 3.91. The molecule has 0 aliphatic carbocycles. The molecule has 0 spiro atoms. The zero-order valence-corrected chi connectivity index (χ0v) is 18.9. The molecular formula is C18H22N4O2S4. The van der Waals surface area contributed by atoms with Crippen molar-refractivity contribution in [2.45, 2.75) is 38.6 Å². The van der Waals surface area contributed by atoms with E-state index in [-0.39, 0.29) is 17.3 Å². The maximum atomic E-state index is 12.5. The van der Waals surface area contributed by atoms with Gasteiger partial charge in [0.05, 0.1) is 9.95 Å². The molecule has 3 heterocycles. The lowest BCUT2D eigenvalue weighted by molar-refractivity contribution is -0.124. The van der Waals surface area contributed by atoms with Gasteiger partial charge < -0.3 is 5.32 Å². The number of hydrogen-bond acceptors (Lipinski definition) is 8. The van der Waals surface area contributed by atoms with E-state index in [9.17, 15) is 9.59 Å². The molecule has 1 aromatic rings. The summed E-state index contributed by atoms with van der Waals surface area (Å²) in [4.78, 5) is 28.0. The Morgan fingerprint density at radius 1 is 1.50 bits per heavy atom. The standard InChI is InChI=1S/C18H22N4O2S4/c1-11(2)9-15-20-21-17(28-15)19-14(23)6-3-7-22-16(24)13(27-18(22)25)10-12-5-4-8-26-12/h4-5,8,10-11,17,21H,3,6-7,9H2,1-2H3,(H,19,23). The first-order valence-corrected chi connectivity index (χ1v) is 12.0. The van der Waals surface area contributed by atoms with Crippen LogP contribution in [0.2, 0.25) is 0 Å². The van der Waals surface area contributed by atoms with E-state index in [1.54, 1.807) is 28.0 Å². The zero-order valence-electron chi connectivity index (χ0n) is 15.6. The Kier molecular flexibility index (Phi) is 7.55. The highest BCUT2D eigenvalue weighted by molar-refractivity contribution is 8.26. The van der Waals surface area contributed by atoms with Crippen molar-refractivity contribution in [3.05, 3.63) is 27.3 Å². The van der Waals surface area contributed by atoms with E-state index in [1.807, 2.05) is 23.6 Å². The fourth-order valence-corrected chi connectivity index (χ4v) is 5.77. The second-order valence-electron chi connectivity index (χ2n) is 6.75. The van der Waals surface area contributed by atoms with E-state index < -0.39 is 0 Å². The van der Waals surface area contributed by atoms with E-state index >= 15 is 0 Å². The summed E-state index contributed by atoms with van der Waals surface area (Å²) >= 11 is 9.77. The van der Waals surface area contributed by atoms with Crippen molar-refractivity contribution < 1.29 is 9.59 Å². The molecule has 150 valence electrons. The first-order chi connectivity index (χ1) is 13.4. The highest BCUT2D eigenvalue weighted by atomic mass is 32.2. The lowest BCUT2D eigenvalue weighted by atomic mass is 10.1. The van der Waals surface area contributed by atoms with Gasteiger partial charge in [-0.25, -0.2) is 0 Å². The summed E-state index contributed by atoms with van der Waals surface area (Å²) in [7, 11) is 0. The van der Waals surface area contributed by atoms with Gasteiger partial charge in [-0.3, -0.25) is 19.9 Å². The molecule has 28 heavy (non-hydrogen) atoms. The Morgan fingerprint density at radius 3 is 3.04 bits per heavy atom. The van der Waals surface area contributed by atoms with Crippen LogP contribution in [0.4, 0.5) is 0 Å². The third kappa shape index (κ3) is 5.82. The Balaban J connectivity index is 1.41. The summed E-state index contributed by atoms with van der Waals surface area (Å²) in [6, 6.07) is 3.91. The van der Waals surface area contributed by atoms with Gasteiger partial charge in [-0.1, -0.05) is 55.7 Å². The minimum atomic E-state index is -0.216. The molecule has 2 N–H and O–H groups in total. The van der Waals surface area contributed by atoms with Crippen LogP contribution in [0.1, 0.15) is 38.0 Å². The van der Waals surface area contributed by atoms with Crippen LogP contribution in [0, 0.1) is 5.92 Å². The molecule has 6 nitrogen and oxygen atoms in total. The van der Waals surface area contributed by atoms with Crippen LogP contribution in [0.5, 0.6) is 0 Å². The summed E-state index contributed by atoms with van der Waals surface area (Å²) in [5.41, 5.74) is 2.72. The highest BCUT2D eigenvalue weighted by Crippen LogP contribution is 2.33. The third-order valence-corrected chi connectivity index (χ3v) is 7.10. The van der Waals surface area contributed by atoms with E-state index in [1.165, 1.54) is 11.8 Å². The Morgan fingerprint density at radius 2 is 2.32 bits per heavy atom. The van der Waals surface area contributed by atoms with Crippen LogP contribution < -0.4 is 10.7 Å². The summed E-state index contributed by atoms with van der Waals surface area (Å²) in [6.07, 6.45) is 3.66. The van der Waals surface area contributed by atoms with Crippen molar-refractivity contribution in [3.8, 4) is 0 Å². The SMILES string of the molecule is CC(C)CC1=NNC(NC(=O)CCCN2C(=O)C(=Cc3cccs3)SC2=S)S1. The predicted octanol–water partition coefficient (Wildman–Crippen LogP) is 3.83. The lowest BCUT2D eigenvalue weighted by Gasteiger charge is -2.15. The summed E-state index contributed by atoms with van der Waals surface area (Å²) in [5, 5.41) is 10.1. The monoisotopic (exact) mass is 454 g/mol. The van der Waals surface area contributed by atoms with E-state index in [2.05, 4.69) is 29.7 Å². The number of carbonyl (C=O) groups is 2. The zero-order chi connectivity index (χ0) is 20.1. The number of amides is 2. The first-order valence-electron chi connectivity index (χ1n) is 8.99. The largest absolute Gasteiger partial charge is 0.326 e. The van der Waals surface area contributed by atoms with Crippen LogP contribution >= 0.6 is 47.1 Å². The van der Waals surface area contributed by atoms with Gasteiger partial charge in [-0.2, -0.15) is 5.10 Å². The molecule has 2 aliphatic rings. The lowest BCUT2D eigenvalue weighted by Crippen LogP contribution is -2.39. The topological polar surface area (TPSA) is 73.8 Å². The van der Waals surface area contributed by atoms with Gasteiger partial charge in [-0.15, -0.1) is 11.3 Å². The highest BCUT2D eigenvalue weighted by Gasteiger charge is 2.31. The summed E-state index contributed by atoms with van der Waals surface area (Å²) in [6.45, 7) is 4.72. The van der Waals surface area contributed by atoms with Crippen molar-refractivity contribution in [2.75, 3.05) is 6.54 Å². The quantitative estimate of drug-likeness (QED) is 0.459. The van der Waals surface area contributed by atoms with Crippen molar-refractivity contribution in [3.63, 3.8) is 0 Å². The van der Waals surface area contributed by atoms with Gasteiger partial charge in [0.2, 0.25) is 5.91 Å². The molecule has 1 saturated heterocycles. The van der Waals surface area contributed by atoms with Crippen molar-refractivity contribution in [1.29, 1.82) is 0 Å². The minimum Gasteiger partial charge on any atom is -0.326 e. The Hall–Kier alpha value is -1.36. The van der Waals surface area contributed by atoms with Gasteiger partial charge in [0.1, 0.15) is 4.32 Å². The van der Waals surface area contributed by atoms with E-state index in [0.29, 0.717) is 34.5 Å². The number of thioether (sulfide) groups is 2. The van der Waals surface area contributed by atoms with Gasteiger partial charge >= 0.3 is 0 Å². The Bertz CT molecular complexity index is 805. The fourth-order valence-electron chi connectivity index (χ4n) is 2.64. The normalized spacial score (nSPS) is 20.8. The van der Waals surface area contributed by atoms with Crippen LogP contribution in [0.15, 0.2) is 27.5 Å². The molecule has 1 unspecified atom stereocenters. The number of rotatable bonds is 8.